The number of hydrogen-bond acceptors (Lipinski definition) is 6. The molecule has 160 valence electrons. The summed E-state index contributed by atoms with van der Waals surface area (Å²) in [6.45, 7) is 1.38. The number of rotatable bonds is 3. The molecule has 1 aliphatic rings. The van der Waals surface area contributed by atoms with Crippen LogP contribution in [0, 0.1) is 11.3 Å². The van der Waals surface area contributed by atoms with Crippen molar-refractivity contribution in [2.75, 3.05) is 18.0 Å². The average Bonchev–Trinajstić information content (AvgIpc) is 3.32. The van der Waals surface area contributed by atoms with Crippen molar-refractivity contribution in [3.8, 4) is 17.5 Å². The van der Waals surface area contributed by atoms with Gasteiger partial charge in [0.1, 0.15) is 11.6 Å². The molecule has 8 heteroatoms. The number of aromatic nitrogens is 3. The summed E-state index contributed by atoms with van der Waals surface area (Å²) in [5, 5.41) is 19.2. The predicted octanol–water partition coefficient (Wildman–Crippen LogP) is 4.61. The summed E-state index contributed by atoms with van der Waals surface area (Å²) in [6.07, 6.45) is 1.60. The highest BCUT2D eigenvalue weighted by atomic mass is 79.9. The van der Waals surface area contributed by atoms with Gasteiger partial charge in [0, 0.05) is 41.5 Å². The number of nitriles is 1. The molecule has 2 aromatic carbocycles. The van der Waals surface area contributed by atoms with E-state index in [2.05, 4.69) is 37.1 Å². The first-order valence-corrected chi connectivity index (χ1v) is 11.2. The van der Waals surface area contributed by atoms with Crippen molar-refractivity contribution in [3.63, 3.8) is 0 Å². The second kappa shape index (κ2) is 8.24. The van der Waals surface area contributed by atoms with E-state index >= 15 is 0 Å². The zero-order valence-corrected chi connectivity index (χ0v) is 19.0. The second-order valence-electron chi connectivity index (χ2n) is 7.93. The molecule has 0 atom stereocenters. The van der Waals surface area contributed by atoms with Crippen LogP contribution in [-0.4, -0.2) is 27.9 Å². The number of piperidine rings is 1. The van der Waals surface area contributed by atoms with Gasteiger partial charge in [0.15, 0.2) is 0 Å². The summed E-state index contributed by atoms with van der Waals surface area (Å²) in [5.74, 6) is 1.31. The van der Waals surface area contributed by atoms with E-state index in [4.69, 9.17) is 4.42 Å². The molecule has 32 heavy (non-hydrogen) atoms. The normalized spacial score (nSPS) is 14.6. The fourth-order valence-electron chi connectivity index (χ4n) is 4.38. The second-order valence-corrected chi connectivity index (χ2v) is 8.85. The minimum Gasteiger partial charge on any atom is -0.420 e. The Morgan fingerprint density at radius 2 is 1.88 bits per heavy atom. The lowest BCUT2D eigenvalue weighted by Crippen LogP contribution is -2.35. The molecular formula is C24H20BrN5O2. The van der Waals surface area contributed by atoms with Crippen LogP contribution < -0.4 is 10.5 Å². The molecule has 5 rings (SSSR count). The molecule has 1 fully saturated rings. The van der Waals surface area contributed by atoms with E-state index in [-0.39, 0.29) is 17.0 Å². The number of aryl methyl sites for hydroxylation is 1. The van der Waals surface area contributed by atoms with Crippen molar-refractivity contribution in [2.45, 2.75) is 18.8 Å². The maximum Gasteiger partial charge on any atom is 0.270 e. The van der Waals surface area contributed by atoms with Gasteiger partial charge in [-0.1, -0.05) is 34.1 Å². The molecule has 7 nitrogen and oxygen atoms in total. The third kappa shape index (κ3) is 3.49. The van der Waals surface area contributed by atoms with Gasteiger partial charge in [-0.2, -0.15) is 5.26 Å². The van der Waals surface area contributed by atoms with Gasteiger partial charge in [-0.25, -0.2) is 0 Å². The SMILES string of the molecule is Cn1c(=O)c(C#N)c(N2CCC(c3nnc(-c4ccccc4)o3)CC2)c2cc(Br)ccc21. The molecule has 3 heterocycles. The zero-order chi connectivity index (χ0) is 22.2. The van der Waals surface area contributed by atoms with E-state index < -0.39 is 0 Å². The Morgan fingerprint density at radius 1 is 1.12 bits per heavy atom. The molecule has 0 saturated carbocycles. The number of anilines is 1. The highest BCUT2D eigenvalue weighted by Crippen LogP contribution is 2.36. The maximum atomic E-state index is 12.9. The number of nitrogens with zero attached hydrogens (tertiary/aromatic N) is 5. The molecule has 0 bridgehead atoms. The van der Waals surface area contributed by atoms with Crippen molar-refractivity contribution in [1.29, 1.82) is 5.26 Å². The van der Waals surface area contributed by atoms with Gasteiger partial charge in [0.05, 0.1) is 11.2 Å². The molecule has 0 unspecified atom stereocenters. The van der Waals surface area contributed by atoms with Crippen molar-refractivity contribution in [1.82, 2.24) is 14.8 Å². The smallest absolute Gasteiger partial charge is 0.270 e. The van der Waals surface area contributed by atoms with Gasteiger partial charge in [-0.15, -0.1) is 10.2 Å². The van der Waals surface area contributed by atoms with Crippen molar-refractivity contribution >= 4 is 32.5 Å². The lowest BCUT2D eigenvalue weighted by molar-refractivity contribution is 0.398. The van der Waals surface area contributed by atoms with Crippen molar-refractivity contribution in [2.24, 2.45) is 7.05 Å². The number of halogens is 1. The third-order valence-corrected chi connectivity index (χ3v) is 6.56. The zero-order valence-electron chi connectivity index (χ0n) is 17.5. The lowest BCUT2D eigenvalue weighted by Gasteiger charge is -2.33. The van der Waals surface area contributed by atoms with Gasteiger partial charge in [0.25, 0.3) is 5.56 Å². The monoisotopic (exact) mass is 489 g/mol. The summed E-state index contributed by atoms with van der Waals surface area (Å²) < 4.78 is 8.41. The molecule has 0 amide bonds. The van der Waals surface area contributed by atoms with Crippen molar-refractivity contribution in [3.05, 3.63) is 74.8 Å². The summed E-state index contributed by atoms with van der Waals surface area (Å²) in [7, 11) is 1.70. The quantitative estimate of drug-likeness (QED) is 0.417. The summed E-state index contributed by atoms with van der Waals surface area (Å²) in [6, 6.07) is 17.7. The highest BCUT2D eigenvalue weighted by Gasteiger charge is 2.28. The van der Waals surface area contributed by atoms with E-state index in [0.717, 1.165) is 33.8 Å². The molecule has 1 saturated heterocycles. The number of fused-ring (bicyclic) bond motifs is 1. The minimum atomic E-state index is -0.274. The first-order valence-electron chi connectivity index (χ1n) is 10.4. The van der Waals surface area contributed by atoms with Crippen LogP contribution in [-0.2, 0) is 7.05 Å². The van der Waals surface area contributed by atoms with Crippen LogP contribution >= 0.6 is 15.9 Å². The van der Waals surface area contributed by atoms with Crippen LogP contribution in [0.3, 0.4) is 0 Å². The number of hydrogen-bond donors (Lipinski definition) is 0. The van der Waals surface area contributed by atoms with E-state index in [0.29, 0.717) is 30.6 Å². The highest BCUT2D eigenvalue weighted by molar-refractivity contribution is 9.10. The Balaban J connectivity index is 1.44. The van der Waals surface area contributed by atoms with Gasteiger partial charge in [0.2, 0.25) is 11.8 Å². The van der Waals surface area contributed by atoms with Gasteiger partial charge in [-0.05, 0) is 43.2 Å². The topological polar surface area (TPSA) is 88.0 Å². The Morgan fingerprint density at radius 3 is 2.59 bits per heavy atom. The lowest BCUT2D eigenvalue weighted by atomic mass is 9.95. The average molecular weight is 490 g/mol. The Bertz CT molecular complexity index is 1400. The van der Waals surface area contributed by atoms with Gasteiger partial charge in [-0.3, -0.25) is 4.79 Å². The number of benzene rings is 2. The molecule has 0 spiro atoms. The molecule has 0 N–H and O–H groups in total. The molecule has 0 radical (unpaired) electrons. The first-order chi connectivity index (χ1) is 15.6. The van der Waals surface area contributed by atoms with Crippen LogP contribution in [0.4, 0.5) is 5.69 Å². The van der Waals surface area contributed by atoms with Crippen LogP contribution in [0.15, 0.2) is 62.2 Å². The molecule has 4 aromatic rings. The van der Waals surface area contributed by atoms with E-state index in [1.54, 1.807) is 11.6 Å². The Hall–Kier alpha value is -3.44. The predicted molar refractivity (Wildman–Crippen MR) is 126 cm³/mol. The van der Waals surface area contributed by atoms with E-state index in [9.17, 15) is 10.1 Å². The Labute approximate surface area is 193 Å². The van der Waals surface area contributed by atoms with Gasteiger partial charge < -0.3 is 13.9 Å². The summed E-state index contributed by atoms with van der Waals surface area (Å²) in [4.78, 5) is 15.0. The fourth-order valence-corrected chi connectivity index (χ4v) is 4.74. The van der Waals surface area contributed by atoms with E-state index in [1.807, 2.05) is 48.5 Å². The maximum absolute atomic E-state index is 12.9. The molecule has 2 aromatic heterocycles. The third-order valence-electron chi connectivity index (χ3n) is 6.06. The largest absolute Gasteiger partial charge is 0.420 e. The summed E-state index contributed by atoms with van der Waals surface area (Å²) in [5.41, 5.74) is 2.32. The van der Waals surface area contributed by atoms with Crippen molar-refractivity contribution < 1.29 is 4.42 Å². The van der Waals surface area contributed by atoms with Crippen LogP contribution in [0.5, 0.6) is 0 Å². The minimum absolute atomic E-state index is 0.145. The van der Waals surface area contributed by atoms with E-state index in [1.165, 1.54) is 0 Å². The fraction of sp³-hybridized carbons (Fsp3) is 0.250. The van der Waals surface area contributed by atoms with Crippen LogP contribution in [0.1, 0.15) is 30.2 Å². The molecule has 1 aliphatic heterocycles. The van der Waals surface area contributed by atoms with Crippen LogP contribution in [0.25, 0.3) is 22.4 Å². The summed E-state index contributed by atoms with van der Waals surface area (Å²) >= 11 is 3.53. The number of pyridine rings is 1. The molecule has 0 aliphatic carbocycles. The molecular weight excluding hydrogens is 470 g/mol. The van der Waals surface area contributed by atoms with Crippen LogP contribution in [0.2, 0.25) is 0 Å². The van der Waals surface area contributed by atoms with Gasteiger partial charge >= 0.3 is 0 Å². The Kier molecular flexibility index (Phi) is 5.27. The standard InChI is InChI=1S/C24H20BrN5O2/c1-29-20-8-7-17(25)13-18(20)21(19(14-26)24(29)31)30-11-9-16(10-12-30)23-28-27-22(32-23)15-5-3-2-4-6-15/h2-8,13,16H,9-12H2,1H3. The first kappa shape index (κ1) is 20.5.